The third-order valence-corrected chi connectivity index (χ3v) is 3.01. The fraction of sp³-hybridized carbons (Fsp3) is 0.500. The summed E-state index contributed by atoms with van der Waals surface area (Å²) in [7, 11) is 0. The first kappa shape index (κ1) is 20.8. The lowest BCUT2D eigenvalue weighted by Gasteiger charge is -2.27. The van der Waals surface area contributed by atoms with E-state index in [9.17, 15) is 27.9 Å². The molecule has 1 aromatic carbocycles. The second-order valence-electron chi connectivity index (χ2n) is 6.41. The minimum atomic E-state index is -4.62. The predicted molar refractivity (Wildman–Crippen MR) is 81.8 cm³/mol. The van der Waals surface area contributed by atoms with E-state index in [0.717, 1.165) is 18.2 Å². The number of carbonyl (C=O) groups excluding carboxylic acids is 1. The maximum Gasteiger partial charge on any atom is 0.416 e. The smallest absolute Gasteiger partial charge is 0.416 e. The van der Waals surface area contributed by atoms with Gasteiger partial charge in [0.25, 0.3) is 0 Å². The van der Waals surface area contributed by atoms with Gasteiger partial charge in [0.05, 0.1) is 24.1 Å². The van der Waals surface area contributed by atoms with Crippen LogP contribution >= 0.6 is 0 Å². The number of rotatable bonds is 5. The van der Waals surface area contributed by atoms with Gasteiger partial charge in [-0.25, -0.2) is 4.79 Å². The summed E-state index contributed by atoms with van der Waals surface area (Å²) in [4.78, 5) is 22.7. The molecule has 0 saturated heterocycles. The summed E-state index contributed by atoms with van der Waals surface area (Å²) in [6, 6.07) is 2.55. The fourth-order valence-electron chi connectivity index (χ4n) is 2.04. The summed E-state index contributed by atoms with van der Waals surface area (Å²) in [5, 5.41) is 21.1. The summed E-state index contributed by atoms with van der Waals surface area (Å²) >= 11 is 0. The quantitative estimate of drug-likeness (QED) is 0.747. The second kappa shape index (κ2) is 7.73. The predicted octanol–water partition coefficient (Wildman–Crippen LogP) is 3.11. The average molecular weight is 363 g/mol. The highest BCUT2D eigenvalue weighted by Crippen LogP contribution is 2.31. The van der Waals surface area contributed by atoms with Crippen molar-refractivity contribution in [1.82, 2.24) is 5.32 Å². The Morgan fingerprint density at radius 2 is 1.84 bits per heavy atom. The zero-order valence-electron chi connectivity index (χ0n) is 13.9. The van der Waals surface area contributed by atoms with Gasteiger partial charge in [-0.2, -0.15) is 13.2 Å². The molecule has 0 heterocycles. The molecule has 0 aliphatic rings. The molecule has 6 nitrogen and oxygen atoms in total. The monoisotopic (exact) mass is 363 g/mol. The van der Waals surface area contributed by atoms with E-state index in [2.05, 4.69) is 5.32 Å². The van der Waals surface area contributed by atoms with E-state index in [1.54, 1.807) is 20.8 Å². The van der Waals surface area contributed by atoms with Crippen LogP contribution < -0.4 is 5.32 Å². The van der Waals surface area contributed by atoms with Crippen molar-refractivity contribution in [1.29, 1.82) is 0 Å². The van der Waals surface area contributed by atoms with Crippen molar-refractivity contribution in [3.8, 4) is 0 Å². The lowest BCUT2D eigenvalue weighted by Crippen LogP contribution is -2.40. The summed E-state index contributed by atoms with van der Waals surface area (Å²) in [5.41, 5.74) is -1.95. The number of ether oxygens (including phenoxy) is 1. The number of aliphatic hydroxyl groups excluding tert-OH is 1. The molecule has 25 heavy (non-hydrogen) atoms. The molecule has 9 heteroatoms. The Kier molecular flexibility index (Phi) is 6.42. The van der Waals surface area contributed by atoms with Gasteiger partial charge in [0.2, 0.25) is 0 Å². The molecule has 0 aromatic heterocycles. The van der Waals surface area contributed by atoms with Crippen molar-refractivity contribution < 1.29 is 37.7 Å². The van der Waals surface area contributed by atoms with Crippen LogP contribution in [-0.2, 0) is 15.7 Å². The molecule has 0 aliphatic heterocycles. The SMILES string of the molecule is CC(C)(C)OC(=O)N[C@@H](c1cccc(C(F)(F)F)c1)[C@H](O)CC(=O)O. The van der Waals surface area contributed by atoms with Crippen molar-refractivity contribution >= 4 is 12.1 Å². The number of carbonyl (C=O) groups is 2. The molecular weight excluding hydrogens is 343 g/mol. The van der Waals surface area contributed by atoms with Gasteiger partial charge in [0.15, 0.2) is 0 Å². The van der Waals surface area contributed by atoms with Crippen molar-refractivity contribution in [2.75, 3.05) is 0 Å². The Balaban J connectivity index is 3.14. The number of alkyl carbamates (subject to hydrolysis) is 1. The third kappa shape index (κ3) is 7.00. The minimum Gasteiger partial charge on any atom is -0.481 e. The summed E-state index contributed by atoms with van der Waals surface area (Å²) < 4.78 is 43.6. The summed E-state index contributed by atoms with van der Waals surface area (Å²) in [5.74, 6) is -1.37. The van der Waals surface area contributed by atoms with Crippen molar-refractivity contribution in [2.24, 2.45) is 0 Å². The summed E-state index contributed by atoms with van der Waals surface area (Å²) in [6.45, 7) is 4.75. The van der Waals surface area contributed by atoms with Crippen LogP contribution in [0.5, 0.6) is 0 Å². The van der Waals surface area contributed by atoms with Crippen LogP contribution in [0.25, 0.3) is 0 Å². The molecular formula is C16H20F3NO5. The van der Waals surface area contributed by atoms with Gasteiger partial charge in [-0.3, -0.25) is 4.79 Å². The molecule has 0 aliphatic carbocycles. The number of nitrogens with one attached hydrogen (secondary N) is 1. The topological polar surface area (TPSA) is 95.9 Å². The number of carboxylic acid groups (broad SMARTS) is 1. The number of halogens is 3. The molecule has 0 fully saturated rings. The summed E-state index contributed by atoms with van der Waals surface area (Å²) in [6.07, 6.45) is -8.02. The number of hydrogen-bond donors (Lipinski definition) is 3. The number of hydrogen-bond acceptors (Lipinski definition) is 4. The average Bonchev–Trinajstić information content (AvgIpc) is 2.41. The van der Waals surface area contributed by atoms with Crippen molar-refractivity contribution in [3.63, 3.8) is 0 Å². The van der Waals surface area contributed by atoms with Crippen molar-refractivity contribution in [2.45, 2.75) is 51.1 Å². The molecule has 1 aromatic rings. The van der Waals surface area contributed by atoms with E-state index < -0.39 is 48.0 Å². The zero-order chi connectivity index (χ0) is 19.4. The van der Waals surface area contributed by atoms with E-state index in [0.29, 0.717) is 0 Å². The molecule has 0 saturated carbocycles. The van der Waals surface area contributed by atoms with Crippen LogP contribution in [0.3, 0.4) is 0 Å². The van der Waals surface area contributed by atoms with Gasteiger partial charge in [-0.15, -0.1) is 0 Å². The van der Waals surface area contributed by atoms with Crippen LogP contribution in [0.4, 0.5) is 18.0 Å². The third-order valence-electron chi connectivity index (χ3n) is 3.01. The number of amides is 1. The standard InChI is InChI=1S/C16H20F3NO5/c1-15(2,3)25-14(24)20-13(11(21)8-12(22)23)9-5-4-6-10(7-9)16(17,18)19/h4-7,11,13,21H,8H2,1-3H3,(H,20,24)(H,22,23)/t11-,13+/m1/s1. The van der Waals surface area contributed by atoms with Crippen LogP contribution in [0.15, 0.2) is 24.3 Å². The van der Waals surface area contributed by atoms with E-state index >= 15 is 0 Å². The first-order chi connectivity index (χ1) is 11.3. The lowest BCUT2D eigenvalue weighted by molar-refractivity contribution is -0.140. The molecule has 0 radical (unpaired) electrons. The van der Waals surface area contributed by atoms with E-state index in [1.165, 1.54) is 6.07 Å². The minimum absolute atomic E-state index is 0.0885. The first-order valence-electron chi connectivity index (χ1n) is 7.36. The van der Waals surface area contributed by atoms with Gasteiger partial charge in [-0.05, 0) is 38.5 Å². The zero-order valence-corrected chi connectivity index (χ0v) is 13.9. The molecule has 2 atom stereocenters. The Bertz CT molecular complexity index is 625. The Morgan fingerprint density at radius 1 is 1.24 bits per heavy atom. The highest BCUT2D eigenvalue weighted by atomic mass is 19.4. The number of benzene rings is 1. The fourth-order valence-corrected chi connectivity index (χ4v) is 2.04. The lowest BCUT2D eigenvalue weighted by atomic mass is 9.97. The number of carboxylic acids is 1. The Morgan fingerprint density at radius 3 is 2.32 bits per heavy atom. The molecule has 1 rings (SSSR count). The molecule has 140 valence electrons. The van der Waals surface area contributed by atoms with E-state index in [-0.39, 0.29) is 5.56 Å². The van der Waals surface area contributed by atoms with Gasteiger partial charge in [0.1, 0.15) is 5.60 Å². The number of aliphatic hydroxyl groups is 1. The van der Waals surface area contributed by atoms with Crippen LogP contribution in [0.1, 0.15) is 44.4 Å². The second-order valence-corrected chi connectivity index (χ2v) is 6.41. The highest BCUT2D eigenvalue weighted by Gasteiger charge is 2.33. The van der Waals surface area contributed by atoms with Crippen LogP contribution in [0.2, 0.25) is 0 Å². The maximum atomic E-state index is 12.9. The largest absolute Gasteiger partial charge is 0.481 e. The van der Waals surface area contributed by atoms with Gasteiger partial charge < -0.3 is 20.3 Å². The van der Waals surface area contributed by atoms with E-state index in [1.807, 2.05) is 0 Å². The van der Waals surface area contributed by atoms with Gasteiger partial charge in [-0.1, -0.05) is 12.1 Å². The van der Waals surface area contributed by atoms with Gasteiger partial charge in [0, 0.05) is 0 Å². The normalized spacial score (nSPS) is 14.5. The number of alkyl halides is 3. The molecule has 0 bridgehead atoms. The van der Waals surface area contributed by atoms with Gasteiger partial charge >= 0.3 is 18.2 Å². The molecule has 0 spiro atoms. The Hall–Kier alpha value is -2.29. The number of aliphatic carboxylic acids is 1. The molecule has 0 unspecified atom stereocenters. The molecule has 3 N–H and O–H groups in total. The van der Waals surface area contributed by atoms with Crippen LogP contribution in [0, 0.1) is 0 Å². The maximum absolute atomic E-state index is 12.9. The first-order valence-corrected chi connectivity index (χ1v) is 7.36. The van der Waals surface area contributed by atoms with E-state index in [4.69, 9.17) is 9.84 Å². The van der Waals surface area contributed by atoms with Crippen LogP contribution in [-0.4, -0.2) is 34.0 Å². The van der Waals surface area contributed by atoms with Crippen molar-refractivity contribution in [3.05, 3.63) is 35.4 Å². The Labute approximate surface area is 142 Å². The highest BCUT2D eigenvalue weighted by molar-refractivity contribution is 5.70. The molecule has 1 amide bonds.